The third kappa shape index (κ3) is 2.47. The molecule has 6 heteroatoms. The molecule has 0 bridgehead atoms. The Hall–Kier alpha value is -1.95. The fourth-order valence-corrected chi connectivity index (χ4v) is 3.31. The molecule has 22 heavy (non-hydrogen) atoms. The van der Waals surface area contributed by atoms with Crippen molar-refractivity contribution in [3.8, 4) is 0 Å². The van der Waals surface area contributed by atoms with Gasteiger partial charge in [-0.3, -0.25) is 9.48 Å². The van der Waals surface area contributed by atoms with E-state index in [0.29, 0.717) is 18.0 Å². The number of pyridine rings is 1. The number of carbonyl (C=O) groups is 1. The van der Waals surface area contributed by atoms with Crippen molar-refractivity contribution in [2.45, 2.75) is 32.7 Å². The molecular weight excluding hydrogens is 278 g/mol. The van der Waals surface area contributed by atoms with Crippen LogP contribution in [0.4, 0.5) is 0 Å². The maximum atomic E-state index is 13.1. The first-order chi connectivity index (χ1) is 10.5. The molecule has 1 aliphatic rings. The Bertz CT molecular complexity index is 708. The topological polar surface area (TPSA) is 77.0 Å². The van der Waals surface area contributed by atoms with Crippen molar-refractivity contribution in [3.63, 3.8) is 0 Å². The van der Waals surface area contributed by atoms with Gasteiger partial charge in [0, 0.05) is 31.9 Å². The first-order valence-corrected chi connectivity index (χ1v) is 7.81. The monoisotopic (exact) mass is 301 g/mol. The molecule has 0 saturated carbocycles. The van der Waals surface area contributed by atoms with E-state index in [4.69, 9.17) is 5.73 Å². The van der Waals surface area contributed by atoms with Crippen molar-refractivity contribution in [2.75, 3.05) is 13.1 Å². The number of hydrogen-bond acceptors (Lipinski definition) is 4. The molecule has 1 amide bonds. The highest BCUT2D eigenvalue weighted by molar-refractivity contribution is 6.05. The number of amides is 1. The van der Waals surface area contributed by atoms with Crippen molar-refractivity contribution in [1.82, 2.24) is 19.7 Å². The maximum Gasteiger partial charge on any atom is 0.255 e. The highest BCUT2D eigenvalue weighted by Crippen LogP contribution is 2.26. The predicted molar refractivity (Wildman–Crippen MR) is 85.5 cm³/mol. The van der Waals surface area contributed by atoms with Gasteiger partial charge in [0.2, 0.25) is 0 Å². The number of nitrogens with zero attached hydrogens (tertiary/aromatic N) is 4. The standard InChI is InChI=1S/C16H23N5O/c1-10-4-5-21(12(6-10)8-17)16(22)13-7-11(2)19-15-14(13)9-18-20(15)3/h7,9-10,12H,4-6,8,17H2,1-3H3. The molecule has 6 nitrogen and oxygen atoms in total. The molecule has 0 radical (unpaired) electrons. The van der Waals surface area contributed by atoms with Gasteiger partial charge in [-0.25, -0.2) is 4.98 Å². The van der Waals surface area contributed by atoms with Gasteiger partial charge < -0.3 is 10.6 Å². The zero-order chi connectivity index (χ0) is 15.9. The fourth-order valence-electron chi connectivity index (χ4n) is 3.31. The van der Waals surface area contributed by atoms with Crippen LogP contribution >= 0.6 is 0 Å². The molecule has 2 atom stereocenters. The first kappa shape index (κ1) is 15.0. The van der Waals surface area contributed by atoms with Crippen LogP contribution in [0.1, 0.15) is 35.8 Å². The number of nitrogens with two attached hydrogens (primary N) is 1. The molecule has 2 aromatic rings. The summed E-state index contributed by atoms with van der Waals surface area (Å²) in [5.74, 6) is 0.668. The Morgan fingerprint density at radius 1 is 1.50 bits per heavy atom. The van der Waals surface area contributed by atoms with Gasteiger partial charge in [0.25, 0.3) is 5.91 Å². The van der Waals surface area contributed by atoms with Crippen LogP contribution in [0.3, 0.4) is 0 Å². The van der Waals surface area contributed by atoms with Crippen molar-refractivity contribution >= 4 is 16.9 Å². The third-order valence-electron chi connectivity index (χ3n) is 4.57. The molecule has 2 aromatic heterocycles. The van der Waals surface area contributed by atoms with E-state index in [1.54, 1.807) is 10.9 Å². The summed E-state index contributed by atoms with van der Waals surface area (Å²) in [6.07, 6.45) is 3.73. The Balaban J connectivity index is 2.01. The highest BCUT2D eigenvalue weighted by Gasteiger charge is 2.30. The number of likely N-dealkylation sites (tertiary alicyclic amines) is 1. The predicted octanol–water partition coefficient (Wildman–Crippen LogP) is 1.48. The molecule has 2 N–H and O–H groups in total. The molecule has 2 unspecified atom stereocenters. The van der Waals surface area contributed by atoms with Gasteiger partial charge in [-0.1, -0.05) is 6.92 Å². The van der Waals surface area contributed by atoms with Gasteiger partial charge in [-0.2, -0.15) is 5.10 Å². The van der Waals surface area contributed by atoms with E-state index >= 15 is 0 Å². The average Bonchev–Trinajstić information content (AvgIpc) is 2.87. The number of aryl methyl sites for hydroxylation is 2. The number of aromatic nitrogens is 3. The smallest absolute Gasteiger partial charge is 0.255 e. The minimum Gasteiger partial charge on any atom is -0.334 e. The normalized spacial score (nSPS) is 22.3. The molecule has 3 heterocycles. The van der Waals surface area contributed by atoms with Crippen molar-refractivity contribution < 1.29 is 4.79 Å². The van der Waals surface area contributed by atoms with Crippen LogP contribution in [0.25, 0.3) is 11.0 Å². The number of fused-ring (bicyclic) bond motifs is 1. The summed E-state index contributed by atoms with van der Waals surface area (Å²) < 4.78 is 1.71. The molecule has 0 spiro atoms. The largest absolute Gasteiger partial charge is 0.334 e. The molecular formula is C16H23N5O. The zero-order valence-electron chi connectivity index (χ0n) is 13.4. The summed E-state index contributed by atoms with van der Waals surface area (Å²) >= 11 is 0. The molecule has 118 valence electrons. The minimum atomic E-state index is 0.0471. The van der Waals surface area contributed by atoms with E-state index in [1.807, 2.05) is 24.9 Å². The summed E-state index contributed by atoms with van der Waals surface area (Å²) in [4.78, 5) is 19.5. The quantitative estimate of drug-likeness (QED) is 0.911. The van der Waals surface area contributed by atoms with Gasteiger partial charge in [-0.15, -0.1) is 0 Å². The Morgan fingerprint density at radius 3 is 3.00 bits per heavy atom. The molecule has 3 rings (SSSR count). The Kier molecular flexibility index (Phi) is 3.87. The van der Waals surface area contributed by atoms with E-state index in [0.717, 1.165) is 36.1 Å². The lowest BCUT2D eigenvalue weighted by atomic mass is 9.91. The minimum absolute atomic E-state index is 0.0471. The van der Waals surface area contributed by atoms with Gasteiger partial charge in [0.15, 0.2) is 5.65 Å². The number of carbonyl (C=O) groups excluding carboxylic acids is 1. The third-order valence-corrected chi connectivity index (χ3v) is 4.57. The molecule has 0 aromatic carbocycles. The second-order valence-electron chi connectivity index (χ2n) is 6.33. The summed E-state index contributed by atoms with van der Waals surface area (Å²) in [6.45, 7) is 5.41. The van der Waals surface area contributed by atoms with Gasteiger partial charge in [0.05, 0.1) is 17.1 Å². The zero-order valence-corrected chi connectivity index (χ0v) is 13.4. The van der Waals surface area contributed by atoms with Gasteiger partial charge in [-0.05, 0) is 31.7 Å². The summed E-state index contributed by atoms with van der Waals surface area (Å²) in [5, 5.41) is 5.05. The van der Waals surface area contributed by atoms with E-state index < -0.39 is 0 Å². The van der Waals surface area contributed by atoms with E-state index in [1.165, 1.54) is 0 Å². The molecule has 1 aliphatic heterocycles. The molecule has 0 aliphatic carbocycles. The SMILES string of the molecule is Cc1cc(C(=O)N2CCC(C)CC2CN)c2cnn(C)c2n1. The van der Waals surface area contributed by atoms with Crippen LogP contribution in [0.15, 0.2) is 12.3 Å². The van der Waals surface area contributed by atoms with Crippen LogP contribution in [0.2, 0.25) is 0 Å². The summed E-state index contributed by atoms with van der Waals surface area (Å²) in [7, 11) is 1.84. The lowest BCUT2D eigenvalue weighted by Gasteiger charge is -2.38. The number of hydrogen-bond donors (Lipinski definition) is 1. The van der Waals surface area contributed by atoms with Crippen molar-refractivity contribution in [2.24, 2.45) is 18.7 Å². The first-order valence-electron chi connectivity index (χ1n) is 7.81. The summed E-state index contributed by atoms with van der Waals surface area (Å²) in [5.41, 5.74) is 8.16. The molecule has 1 saturated heterocycles. The Labute approximate surface area is 130 Å². The van der Waals surface area contributed by atoms with E-state index in [2.05, 4.69) is 17.0 Å². The summed E-state index contributed by atoms with van der Waals surface area (Å²) in [6, 6.07) is 1.98. The van der Waals surface area contributed by atoms with Crippen molar-refractivity contribution in [1.29, 1.82) is 0 Å². The number of piperidine rings is 1. The average molecular weight is 301 g/mol. The molecule has 1 fully saturated rings. The Morgan fingerprint density at radius 2 is 2.27 bits per heavy atom. The van der Waals surface area contributed by atoms with Crippen LogP contribution in [0, 0.1) is 12.8 Å². The van der Waals surface area contributed by atoms with Crippen LogP contribution < -0.4 is 5.73 Å². The van der Waals surface area contributed by atoms with Crippen molar-refractivity contribution in [3.05, 3.63) is 23.5 Å². The van der Waals surface area contributed by atoms with Crippen LogP contribution in [-0.2, 0) is 7.05 Å². The van der Waals surface area contributed by atoms with E-state index in [-0.39, 0.29) is 11.9 Å². The highest BCUT2D eigenvalue weighted by atomic mass is 16.2. The van der Waals surface area contributed by atoms with Crippen LogP contribution in [0.5, 0.6) is 0 Å². The van der Waals surface area contributed by atoms with E-state index in [9.17, 15) is 4.79 Å². The fraction of sp³-hybridized carbons (Fsp3) is 0.562. The number of rotatable bonds is 2. The second-order valence-corrected chi connectivity index (χ2v) is 6.33. The van der Waals surface area contributed by atoms with Gasteiger partial charge >= 0.3 is 0 Å². The van der Waals surface area contributed by atoms with Crippen LogP contribution in [-0.4, -0.2) is 44.7 Å². The van der Waals surface area contributed by atoms with Gasteiger partial charge in [0.1, 0.15) is 0 Å². The lowest BCUT2D eigenvalue weighted by molar-refractivity contribution is 0.0575. The maximum absolute atomic E-state index is 13.1. The lowest BCUT2D eigenvalue weighted by Crippen LogP contribution is -2.49. The second kappa shape index (κ2) is 5.68.